The van der Waals surface area contributed by atoms with Crippen LogP contribution in [0.4, 0.5) is 4.79 Å². The summed E-state index contributed by atoms with van der Waals surface area (Å²) in [4.78, 5) is 48.9. The van der Waals surface area contributed by atoms with Gasteiger partial charge in [0.05, 0.1) is 22.6 Å². The van der Waals surface area contributed by atoms with E-state index in [1.807, 2.05) is 18.2 Å². The number of nitrogens with zero attached hydrogens (tertiary/aromatic N) is 1. The maximum Gasteiger partial charge on any atom is 0.335 e. The van der Waals surface area contributed by atoms with Crippen LogP contribution < -0.4 is 4.74 Å². The lowest BCUT2D eigenvalue weighted by Gasteiger charge is -2.13. The molecule has 1 aromatic heterocycles. The maximum atomic E-state index is 12.7. The van der Waals surface area contributed by atoms with Gasteiger partial charge in [-0.05, 0) is 54.2 Å². The molecule has 1 aliphatic heterocycles. The van der Waals surface area contributed by atoms with Crippen LogP contribution in [-0.2, 0) is 4.79 Å². The molecule has 2 aromatic carbocycles. The van der Waals surface area contributed by atoms with E-state index < -0.39 is 23.1 Å². The van der Waals surface area contributed by atoms with E-state index in [0.717, 1.165) is 22.7 Å². The van der Waals surface area contributed by atoms with Gasteiger partial charge in [0, 0.05) is 11.6 Å². The van der Waals surface area contributed by atoms with Gasteiger partial charge in [-0.1, -0.05) is 18.2 Å². The SMILES string of the molecule is O=C(O)c1cc(C(=O)O)cc(-c2ccc(/C=C3\SC(=O)N(CCOc4ccccc4)C3=O)o2)c1. The molecule has 2 amide bonds. The van der Waals surface area contributed by atoms with Crippen LogP contribution in [-0.4, -0.2) is 51.3 Å². The van der Waals surface area contributed by atoms with E-state index in [2.05, 4.69) is 0 Å². The van der Waals surface area contributed by atoms with Crippen molar-refractivity contribution in [2.75, 3.05) is 13.2 Å². The number of imide groups is 1. The van der Waals surface area contributed by atoms with Crippen LogP contribution in [0.25, 0.3) is 17.4 Å². The number of rotatable bonds is 8. The number of carboxylic acids is 2. The molecule has 34 heavy (non-hydrogen) atoms. The van der Waals surface area contributed by atoms with Gasteiger partial charge >= 0.3 is 11.9 Å². The van der Waals surface area contributed by atoms with Crippen molar-refractivity contribution >= 4 is 40.9 Å². The minimum absolute atomic E-state index is 0.0836. The third-order valence-corrected chi connectivity index (χ3v) is 5.72. The Kier molecular flexibility index (Phi) is 6.51. The third-order valence-electron chi connectivity index (χ3n) is 4.81. The van der Waals surface area contributed by atoms with Crippen molar-refractivity contribution in [3.63, 3.8) is 0 Å². The van der Waals surface area contributed by atoms with E-state index in [-0.39, 0.29) is 46.3 Å². The summed E-state index contributed by atoms with van der Waals surface area (Å²) in [5.74, 6) is -1.94. The van der Waals surface area contributed by atoms with Crippen LogP contribution in [0.3, 0.4) is 0 Å². The summed E-state index contributed by atoms with van der Waals surface area (Å²) < 4.78 is 11.2. The summed E-state index contributed by atoms with van der Waals surface area (Å²) in [6.45, 7) is 0.228. The number of amides is 2. The molecule has 0 aliphatic carbocycles. The van der Waals surface area contributed by atoms with E-state index in [1.165, 1.54) is 30.3 Å². The van der Waals surface area contributed by atoms with Crippen LogP contribution in [0.1, 0.15) is 26.5 Å². The Morgan fingerprint density at radius 2 is 1.65 bits per heavy atom. The molecule has 3 aromatic rings. The summed E-state index contributed by atoms with van der Waals surface area (Å²) in [5, 5.41) is 18.1. The number of para-hydroxylation sites is 1. The number of furan rings is 1. The molecule has 2 heterocycles. The van der Waals surface area contributed by atoms with Crippen molar-refractivity contribution in [1.82, 2.24) is 4.90 Å². The number of carbonyl (C=O) groups is 4. The Balaban J connectivity index is 1.49. The average Bonchev–Trinajstić information content (AvgIpc) is 3.39. The topological polar surface area (TPSA) is 134 Å². The highest BCUT2D eigenvalue weighted by molar-refractivity contribution is 8.18. The monoisotopic (exact) mass is 479 g/mol. The van der Waals surface area contributed by atoms with E-state index in [4.69, 9.17) is 9.15 Å². The van der Waals surface area contributed by atoms with Gasteiger partial charge in [-0.3, -0.25) is 14.5 Å². The van der Waals surface area contributed by atoms with Gasteiger partial charge in [0.2, 0.25) is 0 Å². The van der Waals surface area contributed by atoms with Crippen molar-refractivity contribution in [2.24, 2.45) is 0 Å². The molecule has 0 spiro atoms. The second kappa shape index (κ2) is 9.67. The highest BCUT2D eigenvalue weighted by Crippen LogP contribution is 2.33. The van der Waals surface area contributed by atoms with Crippen LogP contribution in [0.15, 0.2) is 70.0 Å². The molecule has 10 heteroatoms. The Labute approximate surface area is 197 Å². The lowest BCUT2D eigenvalue weighted by Crippen LogP contribution is -2.32. The van der Waals surface area contributed by atoms with Gasteiger partial charge in [-0.15, -0.1) is 0 Å². The molecular weight excluding hydrogens is 462 g/mol. The summed E-state index contributed by atoms with van der Waals surface area (Å²) in [7, 11) is 0. The molecule has 9 nitrogen and oxygen atoms in total. The van der Waals surface area contributed by atoms with E-state index in [0.29, 0.717) is 5.75 Å². The molecule has 0 unspecified atom stereocenters. The minimum Gasteiger partial charge on any atom is -0.492 e. The Bertz CT molecular complexity index is 1280. The number of thioether (sulfide) groups is 1. The lowest BCUT2D eigenvalue weighted by atomic mass is 10.0. The molecule has 0 atom stereocenters. The first kappa shape index (κ1) is 22.9. The van der Waals surface area contributed by atoms with Crippen LogP contribution in [0.2, 0.25) is 0 Å². The van der Waals surface area contributed by atoms with Crippen molar-refractivity contribution < 1.29 is 38.5 Å². The molecular formula is C24H17NO8S. The number of benzene rings is 2. The first-order valence-corrected chi connectivity index (χ1v) is 10.8. The molecule has 172 valence electrons. The highest BCUT2D eigenvalue weighted by Gasteiger charge is 2.35. The third kappa shape index (κ3) is 5.02. The number of hydrogen-bond acceptors (Lipinski definition) is 7. The fourth-order valence-electron chi connectivity index (χ4n) is 3.20. The van der Waals surface area contributed by atoms with E-state index in [9.17, 15) is 29.4 Å². The molecule has 2 N–H and O–H groups in total. The zero-order chi connectivity index (χ0) is 24.2. The van der Waals surface area contributed by atoms with Gasteiger partial charge in [-0.2, -0.15) is 0 Å². The van der Waals surface area contributed by atoms with Crippen LogP contribution >= 0.6 is 11.8 Å². The number of hydrogen-bond donors (Lipinski definition) is 2. The second-order valence-corrected chi connectivity index (χ2v) is 8.10. The van der Waals surface area contributed by atoms with Gasteiger partial charge in [0.1, 0.15) is 23.9 Å². The van der Waals surface area contributed by atoms with E-state index in [1.54, 1.807) is 12.1 Å². The standard InChI is InChI=1S/C24H17NO8S/c26-21-20(34-24(31)25(21)8-9-32-17-4-2-1-3-5-17)13-18-6-7-19(33-18)14-10-15(22(27)28)12-16(11-14)23(29)30/h1-7,10-13H,8-9H2,(H,27,28)(H,29,30)/b20-13-. The Morgan fingerprint density at radius 3 is 2.29 bits per heavy atom. The van der Waals surface area contributed by atoms with Gasteiger partial charge in [0.15, 0.2) is 0 Å². The number of aromatic carboxylic acids is 2. The highest BCUT2D eigenvalue weighted by atomic mass is 32.2. The minimum atomic E-state index is -1.28. The molecule has 1 aliphatic rings. The smallest absolute Gasteiger partial charge is 0.335 e. The molecule has 4 rings (SSSR count). The first-order valence-electron chi connectivity index (χ1n) is 9.97. The lowest BCUT2D eigenvalue weighted by molar-refractivity contribution is -0.123. The van der Waals surface area contributed by atoms with Crippen LogP contribution in [0.5, 0.6) is 5.75 Å². The zero-order valence-electron chi connectivity index (χ0n) is 17.5. The Morgan fingerprint density at radius 1 is 0.971 bits per heavy atom. The Hall–Kier alpha value is -4.31. The fraction of sp³-hybridized carbons (Fsp3) is 0.0833. The maximum absolute atomic E-state index is 12.7. The van der Waals surface area contributed by atoms with Gasteiger partial charge < -0.3 is 19.4 Å². The fourth-order valence-corrected chi connectivity index (χ4v) is 4.04. The zero-order valence-corrected chi connectivity index (χ0v) is 18.3. The van der Waals surface area contributed by atoms with Crippen molar-refractivity contribution in [1.29, 1.82) is 0 Å². The molecule has 1 fully saturated rings. The number of ether oxygens (including phenoxy) is 1. The van der Waals surface area contributed by atoms with Crippen molar-refractivity contribution in [3.8, 4) is 17.1 Å². The number of carboxylic acid groups (broad SMARTS) is 2. The van der Waals surface area contributed by atoms with Crippen molar-refractivity contribution in [3.05, 3.63) is 82.5 Å². The van der Waals surface area contributed by atoms with Gasteiger partial charge in [0.25, 0.3) is 11.1 Å². The summed E-state index contributed by atoms with van der Waals surface area (Å²) in [6.07, 6.45) is 1.41. The largest absolute Gasteiger partial charge is 0.492 e. The van der Waals surface area contributed by atoms with E-state index >= 15 is 0 Å². The number of carbonyl (C=O) groups excluding carboxylic acids is 2. The van der Waals surface area contributed by atoms with Crippen LogP contribution in [0, 0.1) is 0 Å². The molecule has 0 radical (unpaired) electrons. The normalized spacial score (nSPS) is 14.6. The first-order chi connectivity index (χ1) is 16.3. The molecule has 1 saturated heterocycles. The quantitative estimate of drug-likeness (QED) is 0.449. The molecule has 0 bridgehead atoms. The predicted molar refractivity (Wildman–Crippen MR) is 123 cm³/mol. The summed E-state index contributed by atoms with van der Waals surface area (Å²) in [6, 6.07) is 15.7. The molecule has 0 saturated carbocycles. The second-order valence-electron chi connectivity index (χ2n) is 7.11. The average molecular weight is 479 g/mol. The van der Waals surface area contributed by atoms with Crippen molar-refractivity contribution in [2.45, 2.75) is 0 Å². The predicted octanol–water partition coefficient (Wildman–Crippen LogP) is 4.46. The summed E-state index contributed by atoms with van der Waals surface area (Å²) >= 11 is 0.768. The van der Waals surface area contributed by atoms with Gasteiger partial charge in [-0.25, -0.2) is 9.59 Å². The summed E-state index contributed by atoms with van der Waals surface area (Å²) in [5.41, 5.74) is -0.151.